The molecule has 0 spiro atoms. The summed E-state index contributed by atoms with van der Waals surface area (Å²) in [7, 11) is 0. The monoisotopic (exact) mass is 313 g/mol. The van der Waals surface area contributed by atoms with Crippen molar-refractivity contribution in [2.75, 3.05) is 11.1 Å². The van der Waals surface area contributed by atoms with Crippen LogP contribution in [0.25, 0.3) is 5.57 Å². The summed E-state index contributed by atoms with van der Waals surface area (Å²) >= 11 is 0. The first kappa shape index (κ1) is 16.4. The van der Waals surface area contributed by atoms with Gasteiger partial charge in [0.2, 0.25) is 5.95 Å². The quantitative estimate of drug-likeness (QED) is 0.903. The predicted octanol–water partition coefficient (Wildman–Crippen LogP) is 2.86. The third kappa shape index (κ3) is 4.77. The maximum Gasteiger partial charge on any atom is 0.414 e. The van der Waals surface area contributed by atoms with Gasteiger partial charge < -0.3 is 10.5 Å². The average molecular weight is 313 g/mol. The Balaban J connectivity index is 2.17. The molecular formula is C16H19N5O2. The fourth-order valence-corrected chi connectivity index (χ4v) is 1.75. The molecule has 0 saturated carbocycles. The van der Waals surface area contributed by atoms with Gasteiger partial charge >= 0.3 is 6.09 Å². The first-order valence-electron chi connectivity index (χ1n) is 6.98. The zero-order valence-corrected chi connectivity index (χ0v) is 13.3. The molecule has 0 bridgehead atoms. The van der Waals surface area contributed by atoms with Crippen LogP contribution in [0.3, 0.4) is 0 Å². The van der Waals surface area contributed by atoms with Crippen LogP contribution in [-0.2, 0) is 4.74 Å². The zero-order chi connectivity index (χ0) is 17.0. The van der Waals surface area contributed by atoms with E-state index in [0.29, 0.717) is 17.0 Å². The zero-order valence-electron chi connectivity index (χ0n) is 13.3. The molecule has 1 amide bonds. The number of amides is 1. The van der Waals surface area contributed by atoms with Gasteiger partial charge in [-0.25, -0.2) is 14.8 Å². The Morgan fingerprint density at radius 1 is 1.35 bits per heavy atom. The van der Waals surface area contributed by atoms with Crippen LogP contribution in [0.5, 0.6) is 0 Å². The van der Waals surface area contributed by atoms with E-state index in [2.05, 4.69) is 26.8 Å². The van der Waals surface area contributed by atoms with Crippen LogP contribution in [0.1, 0.15) is 32.0 Å². The number of hydrogen-bond donors (Lipinski definition) is 2. The number of nitrogens with one attached hydrogen (secondary N) is 1. The van der Waals surface area contributed by atoms with Crippen LogP contribution in [0.15, 0.2) is 37.3 Å². The summed E-state index contributed by atoms with van der Waals surface area (Å²) in [5.74, 6) is 0.134. The van der Waals surface area contributed by atoms with Crippen molar-refractivity contribution in [1.29, 1.82) is 0 Å². The second kappa shape index (κ2) is 6.43. The van der Waals surface area contributed by atoms with Gasteiger partial charge in [-0.1, -0.05) is 6.58 Å². The molecule has 7 heteroatoms. The predicted molar refractivity (Wildman–Crippen MR) is 88.7 cm³/mol. The lowest BCUT2D eigenvalue weighted by atomic mass is 10.1. The second-order valence-electron chi connectivity index (χ2n) is 5.88. The van der Waals surface area contributed by atoms with E-state index in [9.17, 15) is 4.79 Å². The van der Waals surface area contributed by atoms with E-state index in [-0.39, 0.29) is 5.95 Å². The average Bonchev–Trinajstić information content (AvgIpc) is 2.44. The van der Waals surface area contributed by atoms with Crippen LogP contribution < -0.4 is 11.1 Å². The number of aromatic nitrogens is 3. The van der Waals surface area contributed by atoms with Crippen LogP contribution in [0, 0.1) is 0 Å². The van der Waals surface area contributed by atoms with Crippen molar-refractivity contribution in [2.24, 2.45) is 0 Å². The molecule has 0 atom stereocenters. The van der Waals surface area contributed by atoms with Crippen molar-refractivity contribution in [3.63, 3.8) is 0 Å². The Morgan fingerprint density at radius 3 is 2.74 bits per heavy atom. The molecule has 0 saturated heterocycles. The van der Waals surface area contributed by atoms with Crippen molar-refractivity contribution >= 4 is 23.3 Å². The SMILES string of the molecule is C=C(c1cncc(N)c1)c1ccnc(NC(=O)OC(C)(C)C)n1. The minimum Gasteiger partial charge on any atom is -0.444 e. The molecule has 2 aromatic rings. The largest absolute Gasteiger partial charge is 0.444 e. The minimum atomic E-state index is -0.620. The lowest BCUT2D eigenvalue weighted by Crippen LogP contribution is -2.27. The van der Waals surface area contributed by atoms with Crippen LogP contribution >= 0.6 is 0 Å². The van der Waals surface area contributed by atoms with Gasteiger partial charge in [0.1, 0.15) is 5.60 Å². The van der Waals surface area contributed by atoms with Gasteiger partial charge in [-0.3, -0.25) is 10.3 Å². The van der Waals surface area contributed by atoms with Crippen molar-refractivity contribution in [3.05, 3.63) is 48.6 Å². The van der Waals surface area contributed by atoms with Crippen LogP contribution in [-0.4, -0.2) is 26.6 Å². The lowest BCUT2D eigenvalue weighted by molar-refractivity contribution is 0.0634. The summed E-state index contributed by atoms with van der Waals surface area (Å²) in [4.78, 5) is 24.0. The Morgan fingerprint density at radius 2 is 2.09 bits per heavy atom. The van der Waals surface area contributed by atoms with E-state index < -0.39 is 11.7 Å². The van der Waals surface area contributed by atoms with Crippen LogP contribution in [0.4, 0.5) is 16.4 Å². The summed E-state index contributed by atoms with van der Waals surface area (Å²) in [6.07, 6.45) is 4.10. The molecule has 0 radical (unpaired) electrons. The third-order valence-corrected chi connectivity index (χ3v) is 2.69. The van der Waals surface area contributed by atoms with E-state index in [1.54, 1.807) is 45.3 Å². The van der Waals surface area contributed by atoms with E-state index in [4.69, 9.17) is 10.5 Å². The lowest BCUT2D eigenvalue weighted by Gasteiger charge is -2.19. The van der Waals surface area contributed by atoms with Gasteiger partial charge in [-0.15, -0.1) is 0 Å². The standard InChI is InChI=1S/C16H19N5O2/c1-10(11-7-12(17)9-18-8-11)13-5-6-19-14(20-13)21-15(22)23-16(2,3)4/h5-9H,1,17H2,2-4H3,(H,19,20,21,22). The molecule has 0 aliphatic rings. The highest BCUT2D eigenvalue weighted by Crippen LogP contribution is 2.21. The highest BCUT2D eigenvalue weighted by atomic mass is 16.6. The topological polar surface area (TPSA) is 103 Å². The molecule has 2 rings (SSSR count). The Labute approximate surface area is 134 Å². The smallest absolute Gasteiger partial charge is 0.414 e. The van der Waals surface area contributed by atoms with Crippen molar-refractivity contribution in [3.8, 4) is 0 Å². The Hall–Kier alpha value is -2.96. The maximum atomic E-state index is 11.8. The fraction of sp³-hybridized carbons (Fsp3) is 0.250. The highest BCUT2D eigenvalue weighted by molar-refractivity contribution is 5.83. The molecular weight excluding hydrogens is 294 g/mol. The van der Waals surface area contributed by atoms with Crippen LogP contribution in [0.2, 0.25) is 0 Å². The maximum absolute atomic E-state index is 11.8. The number of anilines is 2. The fourth-order valence-electron chi connectivity index (χ4n) is 1.75. The molecule has 0 aliphatic heterocycles. The number of ether oxygens (including phenoxy) is 1. The minimum absolute atomic E-state index is 0.134. The van der Waals surface area contributed by atoms with Crippen molar-refractivity contribution in [2.45, 2.75) is 26.4 Å². The van der Waals surface area contributed by atoms with Gasteiger partial charge in [0.15, 0.2) is 0 Å². The van der Waals surface area contributed by atoms with Gasteiger partial charge in [-0.2, -0.15) is 0 Å². The Bertz CT molecular complexity index is 737. The van der Waals surface area contributed by atoms with Gasteiger partial charge in [0, 0.05) is 29.7 Å². The van der Waals surface area contributed by atoms with Gasteiger partial charge in [-0.05, 0) is 32.9 Å². The molecule has 2 aromatic heterocycles. The highest BCUT2D eigenvalue weighted by Gasteiger charge is 2.17. The molecule has 3 N–H and O–H groups in total. The van der Waals surface area contributed by atoms with E-state index in [1.165, 1.54) is 6.20 Å². The summed E-state index contributed by atoms with van der Waals surface area (Å²) in [5.41, 5.74) is 7.57. The number of nitrogens with zero attached hydrogens (tertiary/aromatic N) is 3. The van der Waals surface area contributed by atoms with Gasteiger partial charge in [0.05, 0.1) is 11.4 Å². The summed E-state index contributed by atoms with van der Waals surface area (Å²) in [5, 5.41) is 2.49. The molecule has 120 valence electrons. The Kier molecular flexibility index (Phi) is 4.59. The molecule has 2 heterocycles. The molecule has 0 aliphatic carbocycles. The number of nitrogen functional groups attached to an aromatic ring is 1. The number of rotatable bonds is 3. The van der Waals surface area contributed by atoms with Gasteiger partial charge in [0.25, 0.3) is 0 Å². The number of hydrogen-bond acceptors (Lipinski definition) is 6. The number of nitrogens with two attached hydrogens (primary N) is 1. The first-order valence-corrected chi connectivity index (χ1v) is 6.98. The van der Waals surface area contributed by atoms with E-state index in [1.807, 2.05) is 0 Å². The first-order chi connectivity index (χ1) is 10.7. The molecule has 7 nitrogen and oxygen atoms in total. The number of carbonyl (C=O) groups is 1. The summed E-state index contributed by atoms with van der Waals surface area (Å²) < 4.78 is 5.16. The molecule has 23 heavy (non-hydrogen) atoms. The third-order valence-electron chi connectivity index (χ3n) is 2.69. The second-order valence-corrected chi connectivity index (χ2v) is 5.88. The summed E-state index contributed by atoms with van der Waals surface area (Å²) in [6.45, 7) is 9.32. The van der Waals surface area contributed by atoms with E-state index in [0.717, 1.165) is 5.56 Å². The normalized spacial score (nSPS) is 10.9. The summed E-state index contributed by atoms with van der Waals surface area (Å²) in [6, 6.07) is 3.43. The molecule has 0 aromatic carbocycles. The van der Waals surface area contributed by atoms with Crippen molar-refractivity contribution in [1.82, 2.24) is 15.0 Å². The number of carbonyl (C=O) groups excluding carboxylic acids is 1. The molecule has 0 fully saturated rings. The molecule has 0 unspecified atom stereocenters. The van der Waals surface area contributed by atoms with E-state index >= 15 is 0 Å². The van der Waals surface area contributed by atoms with Crippen molar-refractivity contribution < 1.29 is 9.53 Å². The number of pyridine rings is 1.